The summed E-state index contributed by atoms with van der Waals surface area (Å²) in [5, 5.41) is 3.96. The number of likely N-dealkylation sites (tertiary alicyclic amines) is 2. The van der Waals surface area contributed by atoms with Crippen LogP contribution in [0.1, 0.15) is 48.0 Å². The molecule has 4 rings (SSSR count). The van der Waals surface area contributed by atoms with Gasteiger partial charge in [-0.25, -0.2) is 0 Å². The number of amides is 1. The minimum atomic E-state index is -0.0194. The lowest BCUT2D eigenvalue weighted by Crippen LogP contribution is -2.45. The minimum Gasteiger partial charge on any atom is -0.497 e. The molecule has 0 bridgehead atoms. The zero-order valence-corrected chi connectivity index (χ0v) is 16.8. The first-order chi connectivity index (χ1) is 13.6. The average molecular weight is 383 g/mol. The van der Waals surface area contributed by atoms with E-state index in [1.165, 1.54) is 18.4 Å². The van der Waals surface area contributed by atoms with Crippen molar-refractivity contribution in [1.29, 1.82) is 0 Å². The molecule has 0 radical (unpaired) electrons. The first-order valence-electron chi connectivity index (χ1n) is 10.2. The fraction of sp³-hybridized carbons (Fsp3) is 0.545. The highest BCUT2D eigenvalue weighted by Crippen LogP contribution is 2.40. The van der Waals surface area contributed by atoms with Crippen LogP contribution in [0.15, 0.2) is 34.9 Å². The fourth-order valence-corrected chi connectivity index (χ4v) is 4.65. The average Bonchev–Trinajstić information content (AvgIpc) is 3.35. The predicted octanol–water partition coefficient (Wildman–Crippen LogP) is 3.37. The molecule has 1 atom stereocenters. The number of carbonyl (C=O) groups is 1. The molecule has 2 fully saturated rings. The Balaban J connectivity index is 1.40. The molecule has 2 aromatic rings. The van der Waals surface area contributed by atoms with Gasteiger partial charge in [0.25, 0.3) is 5.91 Å². The van der Waals surface area contributed by atoms with E-state index in [2.05, 4.69) is 22.2 Å². The molecule has 1 aromatic carbocycles. The van der Waals surface area contributed by atoms with Crippen LogP contribution < -0.4 is 4.74 Å². The summed E-state index contributed by atoms with van der Waals surface area (Å²) in [6.45, 7) is 6.68. The molecule has 2 aliphatic rings. The van der Waals surface area contributed by atoms with E-state index in [0.29, 0.717) is 5.76 Å². The number of carbonyl (C=O) groups excluding carboxylic acids is 1. The molecule has 0 N–H and O–H groups in total. The largest absolute Gasteiger partial charge is 0.497 e. The second kappa shape index (κ2) is 7.95. The molecule has 1 amide bonds. The smallest absolute Gasteiger partial charge is 0.292 e. The molecule has 6 nitrogen and oxygen atoms in total. The van der Waals surface area contributed by atoms with Crippen LogP contribution in [0.2, 0.25) is 0 Å². The highest BCUT2D eigenvalue weighted by molar-refractivity contribution is 5.91. The lowest BCUT2D eigenvalue weighted by atomic mass is 9.79. The highest BCUT2D eigenvalue weighted by atomic mass is 16.5. The number of ether oxygens (including phenoxy) is 1. The number of piperidine rings is 1. The van der Waals surface area contributed by atoms with Crippen molar-refractivity contribution in [2.45, 2.75) is 39.2 Å². The van der Waals surface area contributed by atoms with E-state index in [-0.39, 0.29) is 11.3 Å². The number of benzene rings is 1. The first kappa shape index (κ1) is 19.0. The van der Waals surface area contributed by atoms with Crippen LogP contribution in [0, 0.1) is 5.41 Å². The number of hydrogen-bond donors (Lipinski definition) is 0. The Morgan fingerprint density at radius 3 is 2.93 bits per heavy atom. The summed E-state index contributed by atoms with van der Waals surface area (Å²) in [5.41, 5.74) is 2.30. The number of hydrogen-bond acceptors (Lipinski definition) is 5. The first-order valence-corrected chi connectivity index (χ1v) is 10.2. The van der Waals surface area contributed by atoms with Gasteiger partial charge in [-0.1, -0.05) is 24.2 Å². The fourth-order valence-electron chi connectivity index (χ4n) is 4.65. The van der Waals surface area contributed by atoms with Crippen molar-refractivity contribution in [3.05, 3.63) is 47.3 Å². The monoisotopic (exact) mass is 383 g/mol. The van der Waals surface area contributed by atoms with Crippen LogP contribution in [-0.2, 0) is 13.0 Å². The van der Waals surface area contributed by atoms with Crippen molar-refractivity contribution in [1.82, 2.24) is 15.0 Å². The molecule has 3 heterocycles. The third kappa shape index (κ3) is 3.92. The van der Waals surface area contributed by atoms with Gasteiger partial charge in [0.2, 0.25) is 5.76 Å². The predicted molar refractivity (Wildman–Crippen MR) is 106 cm³/mol. The number of methoxy groups -OCH3 is 1. The normalized spacial score (nSPS) is 22.7. The van der Waals surface area contributed by atoms with Crippen LogP contribution in [0.25, 0.3) is 0 Å². The molecular weight excluding hydrogens is 354 g/mol. The van der Waals surface area contributed by atoms with Gasteiger partial charge in [-0.15, -0.1) is 0 Å². The summed E-state index contributed by atoms with van der Waals surface area (Å²) >= 11 is 0. The van der Waals surface area contributed by atoms with Gasteiger partial charge in [0.1, 0.15) is 5.75 Å². The Morgan fingerprint density at radius 1 is 1.25 bits per heavy atom. The number of nitrogens with zero attached hydrogens (tertiary/aromatic N) is 3. The number of aryl methyl sites for hydroxylation is 1. The molecule has 0 aliphatic carbocycles. The third-order valence-electron chi connectivity index (χ3n) is 6.14. The maximum atomic E-state index is 12.8. The maximum absolute atomic E-state index is 12.8. The lowest BCUT2D eigenvalue weighted by Gasteiger charge is -2.40. The molecule has 0 unspecified atom stereocenters. The van der Waals surface area contributed by atoms with Crippen LogP contribution in [0.4, 0.5) is 0 Å². The van der Waals surface area contributed by atoms with Gasteiger partial charge in [-0.05, 0) is 49.9 Å². The molecule has 1 aromatic heterocycles. The summed E-state index contributed by atoms with van der Waals surface area (Å²) in [6, 6.07) is 10.1. The molecule has 2 saturated heterocycles. The summed E-state index contributed by atoms with van der Waals surface area (Å²) in [4.78, 5) is 17.3. The zero-order valence-electron chi connectivity index (χ0n) is 16.8. The van der Waals surface area contributed by atoms with Gasteiger partial charge in [0, 0.05) is 37.7 Å². The van der Waals surface area contributed by atoms with Crippen LogP contribution in [0.5, 0.6) is 5.75 Å². The van der Waals surface area contributed by atoms with Crippen molar-refractivity contribution < 1.29 is 14.1 Å². The van der Waals surface area contributed by atoms with Gasteiger partial charge in [0.05, 0.1) is 12.8 Å². The summed E-state index contributed by atoms with van der Waals surface area (Å²) in [5.74, 6) is 1.26. The Morgan fingerprint density at radius 2 is 2.14 bits per heavy atom. The van der Waals surface area contributed by atoms with Crippen molar-refractivity contribution in [2.24, 2.45) is 5.41 Å². The summed E-state index contributed by atoms with van der Waals surface area (Å²) in [6.07, 6.45) is 4.19. The van der Waals surface area contributed by atoms with E-state index >= 15 is 0 Å². The molecule has 0 saturated carbocycles. The van der Waals surface area contributed by atoms with Crippen LogP contribution >= 0.6 is 0 Å². The Kier molecular flexibility index (Phi) is 5.40. The van der Waals surface area contributed by atoms with Gasteiger partial charge in [-0.3, -0.25) is 9.69 Å². The van der Waals surface area contributed by atoms with E-state index in [4.69, 9.17) is 9.26 Å². The second-order valence-electron chi connectivity index (χ2n) is 8.18. The SMILES string of the molecule is CCc1cc(C(=O)N2CC[C@]3(CCCN(Cc4cccc(OC)c4)C3)C2)on1. The molecule has 6 heteroatoms. The number of aromatic nitrogens is 1. The van der Waals surface area contributed by atoms with Crippen LogP contribution in [0.3, 0.4) is 0 Å². The molecular formula is C22H29N3O3. The zero-order chi connectivity index (χ0) is 19.6. The van der Waals surface area contributed by atoms with Crippen molar-refractivity contribution >= 4 is 5.91 Å². The minimum absolute atomic E-state index is 0.0194. The molecule has 28 heavy (non-hydrogen) atoms. The van der Waals surface area contributed by atoms with E-state index in [1.807, 2.05) is 24.0 Å². The van der Waals surface area contributed by atoms with Gasteiger partial charge in [-0.2, -0.15) is 0 Å². The lowest BCUT2D eigenvalue weighted by molar-refractivity contribution is 0.0644. The Bertz CT molecular complexity index is 834. The van der Waals surface area contributed by atoms with Crippen molar-refractivity contribution in [3.63, 3.8) is 0 Å². The second-order valence-corrected chi connectivity index (χ2v) is 8.18. The Labute approximate surface area is 166 Å². The molecule has 150 valence electrons. The van der Waals surface area contributed by atoms with Gasteiger partial charge in [0.15, 0.2) is 0 Å². The quantitative estimate of drug-likeness (QED) is 0.792. The Hall–Kier alpha value is -2.34. The van der Waals surface area contributed by atoms with Gasteiger partial charge >= 0.3 is 0 Å². The van der Waals surface area contributed by atoms with E-state index < -0.39 is 0 Å². The van der Waals surface area contributed by atoms with E-state index in [9.17, 15) is 4.79 Å². The maximum Gasteiger partial charge on any atom is 0.292 e. The van der Waals surface area contributed by atoms with E-state index in [1.54, 1.807) is 13.2 Å². The molecule has 1 spiro atoms. The van der Waals surface area contributed by atoms with Crippen molar-refractivity contribution in [3.8, 4) is 5.75 Å². The highest BCUT2D eigenvalue weighted by Gasteiger charge is 2.43. The third-order valence-corrected chi connectivity index (χ3v) is 6.14. The van der Waals surface area contributed by atoms with Crippen LogP contribution in [-0.4, -0.2) is 54.2 Å². The van der Waals surface area contributed by atoms with Gasteiger partial charge < -0.3 is 14.2 Å². The summed E-state index contributed by atoms with van der Waals surface area (Å²) < 4.78 is 10.6. The number of rotatable bonds is 5. The van der Waals surface area contributed by atoms with E-state index in [0.717, 1.165) is 57.0 Å². The summed E-state index contributed by atoms with van der Waals surface area (Å²) in [7, 11) is 1.71. The van der Waals surface area contributed by atoms with Crippen molar-refractivity contribution in [2.75, 3.05) is 33.3 Å². The topological polar surface area (TPSA) is 58.8 Å². The molecule has 2 aliphatic heterocycles. The standard InChI is InChI=1S/C22H29N3O3/c1-3-18-13-20(28-23-18)21(26)25-11-9-22(16-25)8-5-10-24(15-22)14-17-6-4-7-19(12-17)27-2/h4,6-7,12-13H,3,5,8-11,14-16H2,1-2H3/t22-/m0/s1.